The summed E-state index contributed by atoms with van der Waals surface area (Å²) in [6.45, 7) is 3.85. The topological polar surface area (TPSA) is 56.4 Å². The first-order chi connectivity index (χ1) is 9.15. The zero-order valence-electron chi connectivity index (χ0n) is 11.1. The van der Waals surface area contributed by atoms with Crippen LogP contribution in [-0.4, -0.2) is 52.3 Å². The van der Waals surface area contributed by atoms with Gasteiger partial charge in [-0.2, -0.15) is 0 Å². The number of hydrogen-bond acceptors (Lipinski definition) is 2. The molecule has 3 aliphatic rings. The van der Waals surface area contributed by atoms with E-state index in [0.717, 1.165) is 25.9 Å². The molecule has 1 aromatic heterocycles. The number of amides is 2. The molecule has 2 atom stereocenters. The molecule has 5 nitrogen and oxygen atoms in total. The fourth-order valence-corrected chi connectivity index (χ4v) is 3.21. The van der Waals surface area contributed by atoms with Crippen molar-refractivity contribution in [3.8, 4) is 0 Å². The number of carbonyl (C=O) groups excluding carboxylic acids is 2. The van der Waals surface area contributed by atoms with Crippen molar-refractivity contribution in [1.82, 2.24) is 14.8 Å². The lowest BCUT2D eigenvalue weighted by atomic mass is 9.95. The van der Waals surface area contributed by atoms with Crippen LogP contribution in [0.15, 0.2) is 18.3 Å². The molecule has 19 heavy (non-hydrogen) atoms. The number of aromatic nitrogens is 1. The number of aromatic amines is 1. The first-order valence-corrected chi connectivity index (χ1v) is 6.85. The lowest BCUT2D eigenvalue weighted by Gasteiger charge is -2.35. The molecule has 0 radical (unpaired) electrons. The van der Waals surface area contributed by atoms with Crippen LogP contribution in [-0.2, 0) is 4.79 Å². The molecule has 3 saturated heterocycles. The summed E-state index contributed by atoms with van der Waals surface area (Å²) in [6, 6.07) is 3.81. The molecule has 3 fully saturated rings. The predicted octanol–water partition coefficient (Wildman–Crippen LogP) is 1.10. The Labute approximate surface area is 112 Å². The van der Waals surface area contributed by atoms with Gasteiger partial charge in [0.05, 0.1) is 0 Å². The van der Waals surface area contributed by atoms with Gasteiger partial charge in [-0.05, 0) is 30.9 Å². The maximum absolute atomic E-state index is 12.5. The largest absolute Gasteiger partial charge is 0.357 e. The minimum absolute atomic E-state index is 0.0603. The zero-order valence-corrected chi connectivity index (χ0v) is 11.1. The van der Waals surface area contributed by atoms with Crippen LogP contribution in [0.1, 0.15) is 30.3 Å². The maximum Gasteiger partial charge on any atom is 0.270 e. The summed E-state index contributed by atoms with van der Waals surface area (Å²) in [7, 11) is 0. The van der Waals surface area contributed by atoms with Gasteiger partial charge >= 0.3 is 0 Å². The molecule has 2 bridgehead atoms. The highest BCUT2D eigenvalue weighted by Gasteiger charge is 2.38. The number of fused-ring (bicyclic) bond motifs is 4. The van der Waals surface area contributed by atoms with E-state index in [4.69, 9.17) is 0 Å². The minimum atomic E-state index is 0.0603. The van der Waals surface area contributed by atoms with E-state index < -0.39 is 0 Å². The minimum Gasteiger partial charge on any atom is -0.357 e. The van der Waals surface area contributed by atoms with Gasteiger partial charge in [-0.1, -0.05) is 0 Å². The van der Waals surface area contributed by atoms with Gasteiger partial charge in [0.15, 0.2) is 0 Å². The van der Waals surface area contributed by atoms with E-state index in [9.17, 15) is 9.59 Å². The average Bonchev–Trinajstić information content (AvgIpc) is 2.77. The summed E-state index contributed by atoms with van der Waals surface area (Å²) < 4.78 is 0. The van der Waals surface area contributed by atoms with Gasteiger partial charge in [0.2, 0.25) is 5.91 Å². The Morgan fingerprint density at radius 3 is 2.79 bits per heavy atom. The monoisotopic (exact) mass is 261 g/mol. The quantitative estimate of drug-likeness (QED) is 0.823. The second-order valence-corrected chi connectivity index (χ2v) is 5.56. The van der Waals surface area contributed by atoms with Crippen molar-refractivity contribution in [3.05, 3.63) is 24.0 Å². The number of piperidine rings is 1. The third-order valence-corrected chi connectivity index (χ3v) is 4.25. The van der Waals surface area contributed by atoms with Crippen LogP contribution in [0.2, 0.25) is 0 Å². The molecule has 0 saturated carbocycles. The van der Waals surface area contributed by atoms with Gasteiger partial charge in [0, 0.05) is 38.8 Å². The smallest absolute Gasteiger partial charge is 0.270 e. The van der Waals surface area contributed by atoms with Gasteiger partial charge in [-0.15, -0.1) is 0 Å². The van der Waals surface area contributed by atoms with E-state index in [0.29, 0.717) is 18.2 Å². The molecule has 0 aromatic carbocycles. The van der Waals surface area contributed by atoms with E-state index in [-0.39, 0.29) is 17.9 Å². The van der Waals surface area contributed by atoms with Crippen LogP contribution in [0.5, 0.6) is 0 Å². The highest BCUT2D eigenvalue weighted by atomic mass is 16.2. The van der Waals surface area contributed by atoms with E-state index in [2.05, 4.69) is 4.98 Å². The Balaban J connectivity index is 1.81. The fourth-order valence-electron chi connectivity index (χ4n) is 3.21. The van der Waals surface area contributed by atoms with Crippen LogP contribution in [0.4, 0.5) is 0 Å². The lowest BCUT2D eigenvalue weighted by Crippen LogP contribution is -2.47. The Bertz CT molecular complexity index is 483. The van der Waals surface area contributed by atoms with Gasteiger partial charge in [0.25, 0.3) is 5.91 Å². The molecule has 1 aromatic rings. The number of nitrogens with zero attached hydrogens (tertiary/aromatic N) is 2. The molecule has 4 rings (SSSR count). The van der Waals surface area contributed by atoms with Crippen molar-refractivity contribution in [1.29, 1.82) is 0 Å². The fraction of sp³-hybridized carbons (Fsp3) is 0.571. The number of H-pyrrole nitrogens is 1. The van der Waals surface area contributed by atoms with E-state index in [1.54, 1.807) is 13.1 Å². The summed E-state index contributed by atoms with van der Waals surface area (Å²) in [6.07, 6.45) is 3.88. The molecule has 1 N–H and O–H groups in total. The van der Waals surface area contributed by atoms with Crippen LogP contribution < -0.4 is 0 Å². The molecule has 0 aliphatic carbocycles. The standard InChI is InChI=1S/C14H19N3O2/c1-10(18)16-7-11-4-5-12(9-16)17(8-11)14(19)13-3-2-6-15-13/h2-3,6,11-12,15H,4-5,7-9H2,1H3/t11-,12+/m0/s1. The van der Waals surface area contributed by atoms with Crippen LogP contribution in [0, 0.1) is 5.92 Å². The average molecular weight is 261 g/mol. The first kappa shape index (κ1) is 12.3. The second kappa shape index (κ2) is 4.72. The summed E-state index contributed by atoms with van der Waals surface area (Å²) in [5, 5.41) is 0. The summed E-state index contributed by atoms with van der Waals surface area (Å²) in [5.74, 6) is 0.595. The Morgan fingerprint density at radius 2 is 2.11 bits per heavy atom. The summed E-state index contributed by atoms with van der Waals surface area (Å²) in [5.41, 5.74) is 0.641. The van der Waals surface area contributed by atoms with Crippen molar-refractivity contribution < 1.29 is 9.59 Å². The molecular weight excluding hydrogens is 242 g/mol. The van der Waals surface area contributed by atoms with Gasteiger partial charge in [-0.3, -0.25) is 9.59 Å². The van der Waals surface area contributed by atoms with Crippen molar-refractivity contribution in [2.45, 2.75) is 25.8 Å². The highest BCUT2D eigenvalue weighted by molar-refractivity contribution is 5.92. The normalized spacial score (nSPS) is 26.4. The lowest BCUT2D eigenvalue weighted by molar-refractivity contribution is -0.129. The summed E-state index contributed by atoms with van der Waals surface area (Å²) in [4.78, 5) is 30.9. The SMILES string of the molecule is CC(=O)N1C[C@@H]2CC[C@H](C1)N(C(=O)c1ccc[nH]1)C2. The Kier molecular flexibility index (Phi) is 3.05. The summed E-state index contributed by atoms with van der Waals surface area (Å²) >= 11 is 0. The number of rotatable bonds is 1. The first-order valence-electron chi connectivity index (χ1n) is 6.85. The number of nitrogens with one attached hydrogen (secondary N) is 1. The van der Waals surface area contributed by atoms with Crippen molar-refractivity contribution in [2.75, 3.05) is 19.6 Å². The molecule has 3 aliphatic heterocycles. The third-order valence-electron chi connectivity index (χ3n) is 4.25. The van der Waals surface area contributed by atoms with Gasteiger partial charge < -0.3 is 14.8 Å². The number of hydrogen-bond donors (Lipinski definition) is 1. The van der Waals surface area contributed by atoms with Crippen LogP contribution >= 0.6 is 0 Å². The third kappa shape index (κ3) is 2.25. The second-order valence-electron chi connectivity index (χ2n) is 5.56. The van der Waals surface area contributed by atoms with Crippen molar-refractivity contribution in [3.63, 3.8) is 0 Å². The van der Waals surface area contributed by atoms with Gasteiger partial charge in [-0.25, -0.2) is 0 Å². The molecule has 102 valence electrons. The molecule has 0 spiro atoms. The van der Waals surface area contributed by atoms with Crippen LogP contribution in [0.25, 0.3) is 0 Å². The molecule has 2 amide bonds. The predicted molar refractivity (Wildman–Crippen MR) is 70.6 cm³/mol. The van der Waals surface area contributed by atoms with Crippen LogP contribution in [0.3, 0.4) is 0 Å². The Morgan fingerprint density at radius 1 is 1.26 bits per heavy atom. The van der Waals surface area contributed by atoms with Crippen molar-refractivity contribution >= 4 is 11.8 Å². The molecule has 0 unspecified atom stereocenters. The zero-order chi connectivity index (χ0) is 13.4. The highest BCUT2D eigenvalue weighted by Crippen LogP contribution is 2.29. The number of carbonyl (C=O) groups is 2. The van der Waals surface area contributed by atoms with E-state index in [1.807, 2.05) is 21.9 Å². The molecule has 5 heteroatoms. The molecule has 4 heterocycles. The van der Waals surface area contributed by atoms with Gasteiger partial charge in [0.1, 0.15) is 5.69 Å². The molecular formula is C14H19N3O2. The van der Waals surface area contributed by atoms with E-state index >= 15 is 0 Å². The van der Waals surface area contributed by atoms with Crippen molar-refractivity contribution in [2.24, 2.45) is 5.92 Å². The van der Waals surface area contributed by atoms with E-state index in [1.165, 1.54) is 0 Å². The Hall–Kier alpha value is -1.78. The maximum atomic E-state index is 12.5.